The molecule has 1 aliphatic rings. The summed E-state index contributed by atoms with van der Waals surface area (Å²) in [6.45, 7) is 6.22. The van der Waals surface area contributed by atoms with Gasteiger partial charge in [0.1, 0.15) is 5.75 Å². The molecule has 1 fully saturated rings. The SMILES string of the molecule is CCN(CC)C(=O)COc1cccc(NC(=O)CC2CCCN2)c1.Cl. The summed E-state index contributed by atoms with van der Waals surface area (Å²) >= 11 is 0. The number of carbonyl (C=O) groups excluding carboxylic acids is 2. The Labute approximate surface area is 155 Å². The van der Waals surface area contributed by atoms with Crippen molar-refractivity contribution >= 4 is 29.9 Å². The van der Waals surface area contributed by atoms with Gasteiger partial charge in [0.05, 0.1) is 0 Å². The van der Waals surface area contributed by atoms with Crippen LogP contribution < -0.4 is 15.4 Å². The third-order valence-corrected chi connectivity index (χ3v) is 4.19. The Morgan fingerprint density at radius 3 is 2.72 bits per heavy atom. The number of hydrogen-bond acceptors (Lipinski definition) is 4. The summed E-state index contributed by atoms with van der Waals surface area (Å²) in [6.07, 6.45) is 2.65. The molecule has 0 radical (unpaired) electrons. The van der Waals surface area contributed by atoms with Gasteiger partial charge < -0.3 is 20.3 Å². The third-order valence-electron chi connectivity index (χ3n) is 4.19. The Kier molecular flexibility index (Phi) is 9.31. The van der Waals surface area contributed by atoms with Crippen molar-refractivity contribution in [1.82, 2.24) is 10.2 Å². The van der Waals surface area contributed by atoms with Crippen molar-refractivity contribution in [3.8, 4) is 5.75 Å². The summed E-state index contributed by atoms with van der Waals surface area (Å²) in [4.78, 5) is 25.7. The van der Waals surface area contributed by atoms with Crippen molar-refractivity contribution in [2.75, 3.05) is 31.6 Å². The molecule has 2 N–H and O–H groups in total. The number of halogens is 1. The van der Waals surface area contributed by atoms with Crippen molar-refractivity contribution in [2.24, 2.45) is 0 Å². The summed E-state index contributed by atoms with van der Waals surface area (Å²) in [5.41, 5.74) is 0.686. The maximum absolute atomic E-state index is 12.1. The molecule has 2 amide bonds. The van der Waals surface area contributed by atoms with Crippen molar-refractivity contribution in [3.05, 3.63) is 24.3 Å². The molecule has 0 bridgehead atoms. The van der Waals surface area contributed by atoms with Gasteiger partial charge in [0.2, 0.25) is 5.91 Å². The molecule has 0 aromatic heterocycles. The molecule has 1 aromatic rings. The number of anilines is 1. The van der Waals surface area contributed by atoms with Crippen molar-refractivity contribution in [3.63, 3.8) is 0 Å². The van der Waals surface area contributed by atoms with Gasteiger partial charge in [-0.3, -0.25) is 9.59 Å². The highest BCUT2D eigenvalue weighted by atomic mass is 35.5. The van der Waals surface area contributed by atoms with Gasteiger partial charge in [0, 0.05) is 37.3 Å². The normalized spacial score (nSPS) is 16.0. The van der Waals surface area contributed by atoms with Crippen LogP contribution in [0.4, 0.5) is 5.69 Å². The number of nitrogens with zero attached hydrogens (tertiary/aromatic N) is 1. The number of benzene rings is 1. The van der Waals surface area contributed by atoms with Gasteiger partial charge in [0.15, 0.2) is 6.61 Å². The number of nitrogens with one attached hydrogen (secondary N) is 2. The Morgan fingerprint density at radius 1 is 1.32 bits per heavy atom. The molecule has 1 saturated heterocycles. The van der Waals surface area contributed by atoms with Crippen LogP contribution in [0.5, 0.6) is 5.75 Å². The van der Waals surface area contributed by atoms with Gasteiger partial charge in [-0.25, -0.2) is 0 Å². The number of hydrogen-bond donors (Lipinski definition) is 2. The summed E-state index contributed by atoms with van der Waals surface area (Å²) in [5.74, 6) is 0.528. The Bertz CT molecular complexity index is 558. The highest BCUT2D eigenvalue weighted by Gasteiger charge is 2.17. The topological polar surface area (TPSA) is 70.7 Å². The smallest absolute Gasteiger partial charge is 0.260 e. The van der Waals surface area contributed by atoms with Crippen LogP contribution in [0, 0.1) is 0 Å². The standard InChI is InChI=1S/C18H27N3O3.ClH/c1-3-21(4-2)18(23)13-24-16-9-5-7-15(11-16)20-17(22)12-14-8-6-10-19-14;/h5,7,9,11,14,19H,3-4,6,8,10,12-13H2,1-2H3,(H,20,22);1H. The van der Waals surface area contributed by atoms with Crippen LogP contribution in [-0.4, -0.2) is 49.0 Å². The lowest BCUT2D eigenvalue weighted by Crippen LogP contribution is -2.34. The second-order valence-corrected chi connectivity index (χ2v) is 5.93. The first-order valence-electron chi connectivity index (χ1n) is 8.66. The summed E-state index contributed by atoms with van der Waals surface area (Å²) in [5, 5.41) is 6.20. The highest BCUT2D eigenvalue weighted by molar-refractivity contribution is 5.91. The lowest BCUT2D eigenvalue weighted by molar-refractivity contribution is -0.133. The second kappa shape index (κ2) is 10.9. The van der Waals surface area contributed by atoms with Crippen LogP contribution in [0.15, 0.2) is 24.3 Å². The van der Waals surface area contributed by atoms with Gasteiger partial charge >= 0.3 is 0 Å². The largest absolute Gasteiger partial charge is 0.484 e. The number of amides is 2. The monoisotopic (exact) mass is 369 g/mol. The van der Waals surface area contributed by atoms with E-state index in [4.69, 9.17) is 4.74 Å². The van der Waals surface area contributed by atoms with Crippen LogP contribution in [-0.2, 0) is 9.59 Å². The van der Waals surface area contributed by atoms with Gasteiger partial charge in [-0.15, -0.1) is 12.4 Å². The quantitative estimate of drug-likeness (QED) is 0.738. The predicted molar refractivity (Wildman–Crippen MR) is 101 cm³/mol. The molecular formula is C18H28ClN3O3. The molecule has 140 valence electrons. The molecular weight excluding hydrogens is 342 g/mol. The molecule has 7 heteroatoms. The van der Waals surface area contributed by atoms with Crippen LogP contribution in [0.1, 0.15) is 33.1 Å². The van der Waals surface area contributed by atoms with E-state index in [9.17, 15) is 9.59 Å². The number of likely N-dealkylation sites (N-methyl/N-ethyl adjacent to an activating group) is 1. The molecule has 2 rings (SSSR count). The first-order chi connectivity index (χ1) is 11.6. The van der Waals surface area contributed by atoms with Gasteiger partial charge in [-0.2, -0.15) is 0 Å². The lowest BCUT2D eigenvalue weighted by Gasteiger charge is -2.18. The first kappa shape index (κ1) is 21.3. The van der Waals surface area contributed by atoms with Crippen LogP contribution >= 0.6 is 12.4 Å². The second-order valence-electron chi connectivity index (χ2n) is 5.93. The Hall–Kier alpha value is -1.79. The van der Waals surface area contributed by atoms with Crippen LogP contribution in [0.25, 0.3) is 0 Å². The summed E-state index contributed by atoms with van der Waals surface area (Å²) < 4.78 is 5.55. The minimum absolute atomic E-state index is 0. The molecule has 0 saturated carbocycles. The van der Waals surface area contributed by atoms with E-state index in [-0.39, 0.29) is 36.9 Å². The predicted octanol–water partition coefficient (Wildman–Crippen LogP) is 2.44. The molecule has 6 nitrogen and oxygen atoms in total. The van der Waals surface area contributed by atoms with E-state index in [1.807, 2.05) is 19.9 Å². The van der Waals surface area contributed by atoms with E-state index < -0.39 is 0 Å². The fraction of sp³-hybridized carbons (Fsp3) is 0.556. The number of carbonyl (C=O) groups is 2. The molecule has 25 heavy (non-hydrogen) atoms. The molecule has 1 aliphatic heterocycles. The van der Waals surface area contributed by atoms with Crippen molar-refractivity contribution < 1.29 is 14.3 Å². The van der Waals surface area contributed by atoms with Gasteiger partial charge in [-0.1, -0.05) is 6.07 Å². The van der Waals surface area contributed by atoms with E-state index >= 15 is 0 Å². The lowest BCUT2D eigenvalue weighted by atomic mass is 10.1. The average molecular weight is 370 g/mol. The van der Waals surface area contributed by atoms with Crippen molar-refractivity contribution in [2.45, 2.75) is 39.2 Å². The maximum Gasteiger partial charge on any atom is 0.260 e. The fourth-order valence-electron chi connectivity index (χ4n) is 2.84. The van der Waals surface area contributed by atoms with E-state index in [1.54, 1.807) is 23.1 Å². The van der Waals surface area contributed by atoms with Crippen LogP contribution in [0.3, 0.4) is 0 Å². The molecule has 0 aliphatic carbocycles. The molecule has 1 heterocycles. The van der Waals surface area contributed by atoms with E-state index in [2.05, 4.69) is 10.6 Å². The summed E-state index contributed by atoms with van der Waals surface area (Å²) in [7, 11) is 0. The van der Waals surface area contributed by atoms with Crippen molar-refractivity contribution in [1.29, 1.82) is 0 Å². The average Bonchev–Trinajstić information content (AvgIpc) is 3.07. The molecule has 1 unspecified atom stereocenters. The molecule has 1 aromatic carbocycles. The third kappa shape index (κ3) is 6.92. The zero-order chi connectivity index (χ0) is 17.4. The Morgan fingerprint density at radius 2 is 2.08 bits per heavy atom. The maximum atomic E-state index is 12.1. The highest BCUT2D eigenvalue weighted by Crippen LogP contribution is 2.18. The Balaban J connectivity index is 0.00000312. The van der Waals surface area contributed by atoms with E-state index in [1.165, 1.54) is 0 Å². The van der Waals surface area contributed by atoms with Gasteiger partial charge in [0.25, 0.3) is 5.91 Å². The minimum atomic E-state index is -0.0400. The van der Waals surface area contributed by atoms with E-state index in [0.717, 1.165) is 19.4 Å². The zero-order valence-corrected chi connectivity index (χ0v) is 15.7. The molecule has 1 atom stereocenters. The summed E-state index contributed by atoms with van der Waals surface area (Å²) in [6, 6.07) is 7.43. The van der Waals surface area contributed by atoms with Crippen LogP contribution in [0.2, 0.25) is 0 Å². The fourth-order valence-corrected chi connectivity index (χ4v) is 2.84. The first-order valence-corrected chi connectivity index (χ1v) is 8.66. The zero-order valence-electron chi connectivity index (χ0n) is 14.9. The van der Waals surface area contributed by atoms with E-state index in [0.29, 0.717) is 30.9 Å². The number of rotatable bonds is 8. The minimum Gasteiger partial charge on any atom is -0.484 e. The van der Waals surface area contributed by atoms with Gasteiger partial charge in [-0.05, 0) is 45.4 Å². The molecule has 0 spiro atoms. The number of ether oxygens (including phenoxy) is 1.